The van der Waals surface area contributed by atoms with Crippen LogP contribution in [0.3, 0.4) is 0 Å². The zero-order chi connectivity index (χ0) is 21.8. The zero-order valence-corrected chi connectivity index (χ0v) is 17.6. The van der Waals surface area contributed by atoms with Gasteiger partial charge in [0, 0.05) is 13.1 Å². The predicted octanol–water partition coefficient (Wildman–Crippen LogP) is 4.50. The average Bonchev–Trinajstić information content (AvgIpc) is 3.08. The minimum absolute atomic E-state index is 0.313. The maximum absolute atomic E-state index is 13.6. The summed E-state index contributed by atoms with van der Waals surface area (Å²) in [6.45, 7) is 3.13. The number of anilines is 1. The van der Waals surface area contributed by atoms with Gasteiger partial charge in [-0.1, -0.05) is 60.7 Å². The van der Waals surface area contributed by atoms with Gasteiger partial charge in [0.1, 0.15) is 11.4 Å². The quantitative estimate of drug-likeness (QED) is 0.536. The van der Waals surface area contributed by atoms with Crippen LogP contribution in [0.25, 0.3) is 5.57 Å². The number of amides is 2. The second-order valence-corrected chi connectivity index (χ2v) is 7.23. The van der Waals surface area contributed by atoms with Crippen molar-refractivity contribution >= 4 is 23.1 Å². The molecule has 0 saturated heterocycles. The minimum atomic E-state index is -0.317. The van der Waals surface area contributed by atoms with Crippen molar-refractivity contribution in [3.05, 3.63) is 102 Å². The van der Waals surface area contributed by atoms with Crippen LogP contribution in [0, 0.1) is 0 Å². The van der Waals surface area contributed by atoms with Crippen molar-refractivity contribution in [1.82, 2.24) is 4.90 Å². The summed E-state index contributed by atoms with van der Waals surface area (Å²) in [5.41, 5.74) is 3.19. The SMILES string of the molecule is CCN(Cc1ccccc1)C1=C(c2ccccc2)C(=O)N(c2ccc(OC)cc2)C1=O. The normalized spacial score (nSPS) is 13.7. The van der Waals surface area contributed by atoms with Gasteiger partial charge < -0.3 is 9.64 Å². The number of carbonyl (C=O) groups is 2. The first-order valence-corrected chi connectivity index (χ1v) is 10.3. The van der Waals surface area contributed by atoms with Crippen LogP contribution >= 0.6 is 0 Å². The van der Waals surface area contributed by atoms with E-state index < -0.39 is 0 Å². The summed E-state index contributed by atoms with van der Waals surface area (Å²) in [5.74, 6) is 0.0354. The molecule has 1 aliphatic heterocycles. The molecule has 0 atom stereocenters. The van der Waals surface area contributed by atoms with E-state index in [9.17, 15) is 9.59 Å². The molecule has 0 fully saturated rings. The van der Waals surface area contributed by atoms with Gasteiger partial charge in [-0.2, -0.15) is 0 Å². The highest BCUT2D eigenvalue weighted by molar-refractivity contribution is 6.45. The van der Waals surface area contributed by atoms with Crippen LogP contribution in [0.1, 0.15) is 18.1 Å². The molecule has 0 saturated carbocycles. The topological polar surface area (TPSA) is 49.9 Å². The Morgan fingerprint density at radius 1 is 0.806 bits per heavy atom. The molecule has 0 N–H and O–H groups in total. The summed E-state index contributed by atoms with van der Waals surface area (Å²) >= 11 is 0. The molecule has 4 rings (SSSR count). The van der Waals surface area contributed by atoms with Crippen molar-refractivity contribution < 1.29 is 14.3 Å². The smallest absolute Gasteiger partial charge is 0.282 e. The number of carbonyl (C=O) groups excluding carboxylic acids is 2. The Bertz CT molecular complexity index is 1110. The lowest BCUT2D eigenvalue weighted by Crippen LogP contribution is -2.35. The van der Waals surface area contributed by atoms with Gasteiger partial charge in [-0.05, 0) is 42.3 Å². The van der Waals surface area contributed by atoms with Crippen LogP contribution in [0.2, 0.25) is 0 Å². The number of ether oxygens (including phenoxy) is 1. The maximum Gasteiger partial charge on any atom is 0.282 e. The molecule has 0 aliphatic carbocycles. The number of hydrogen-bond donors (Lipinski definition) is 0. The number of imide groups is 1. The van der Waals surface area contributed by atoms with Crippen LogP contribution in [0.4, 0.5) is 5.69 Å². The fourth-order valence-electron chi connectivity index (χ4n) is 3.80. The Morgan fingerprint density at radius 3 is 2.00 bits per heavy atom. The van der Waals surface area contributed by atoms with E-state index in [0.717, 1.165) is 11.1 Å². The molecule has 31 heavy (non-hydrogen) atoms. The molecular weight excluding hydrogens is 388 g/mol. The number of nitrogens with zero attached hydrogens (tertiary/aromatic N) is 2. The molecule has 0 radical (unpaired) electrons. The van der Waals surface area contributed by atoms with Crippen molar-refractivity contribution in [2.45, 2.75) is 13.5 Å². The molecule has 3 aromatic rings. The first-order valence-electron chi connectivity index (χ1n) is 10.3. The van der Waals surface area contributed by atoms with Gasteiger partial charge in [0.25, 0.3) is 11.8 Å². The molecule has 0 bridgehead atoms. The van der Waals surface area contributed by atoms with Crippen molar-refractivity contribution in [3.63, 3.8) is 0 Å². The summed E-state index contributed by atoms with van der Waals surface area (Å²) in [5, 5.41) is 0. The van der Waals surface area contributed by atoms with E-state index in [4.69, 9.17) is 4.74 Å². The van der Waals surface area contributed by atoms with Crippen molar-refractivity contribution in [1.29, 1.82) is 0 Å². The molecule has 3 aromatic carbocycles. The van der Waals surface area contributed by atoms with E-state index in [0.29, 0.717) is 35.8 Å². The van der Waals surface area contributed by atoms with Gasteiger partial charge in [-0.3, -0.25) is 9.59 Å². The summed E-state index contributed by atoms with van der Waals surface area (Å²) in [6.07, 6.45) is 0. The van der Waals surface area contributed by atoms with Crippen LogP contribution in [-0.2, 0) is 16.1 Å². The third-order valence-corrected chi connectivity index (χ3v) is 5.37. The molecule has 0 spiro atoms. The monoisotopic (exact) mass is 412 g/mol. The minimum Gasteiger partial charge on any atom is -0.497 e. The van der Waals surface area contributed by atoms with Gasteiger partial charge in [0.2, 0.25) is 0 Å². The fraction of sp³-hybridized carbons (Fsp3) is 0.154. The van der Waals surface area contributed by atoms with Crippen LogP contribution in [0.5, 0.6) is 5.75 Å². The molecule has 1 heterocycles. The Labute approximate surface area is 182 Å². The standard InChI is InChI=1S/C26H24N2O3/c1-3-27(18-19-10-6-4-7-11-19)24-23(20-12-8-5-9-13-20)25(29)28(26(24)30)21-14-16-22(31-2)17-15-21/h4-17H,3,18H2,1-2H3. The molecule has 156 valence electrons. The first kappa shape index (κ1) is 20.4. The zero-order valence-electron chi connectivity index (χ0n) is 17.6. The Kier molecular flexibility index (Phi) is 5.85. The lowest BCUT2D eigenvalue weighted by molar-refractivity contribution is -0.120. The highest BCUT2D eigenvalue weighted by Gasteiger charge is 2.42. The summed E-state index contributed by atoms with van der Waals surface area (Å²) in [4.78, 5) is 30.4. The first-order chi connectivity index (χ1) is 15.1. The number of methoxy groups -OCH3 is 1. The van der Waals surface area contributed by atoms with E-state index >= 15 is 0 Å². The fourth-order valence-corrected chi connectivity index (χ4v) is 3.80. The number of hydrogen-bond acceptors (Lipinski definition) is 4. The lowest BCUT2D eigenvalue weighted by atomic mass is 10.0. The molecule has 0 unspecified atom stereocenters. The third-order valence-electron chi connectivity index (χ3n) is 5.37. The van der Waals surface area contributed by atoms with Crippen molar-refractivity contribution in [2.24, 2.45) is 0 Å². The van der Waals surface area contributed by atoms with Crippen molar-refractivity contribution in [2.75, 3.05) is 18.6 Å². The van der Waals surface area contributed by atoms with E-state index in [1.807, 2.05) is 72.5 Å². The maximum atomic E-state index is 13.6. The third kappa shape index (κ3) is 3.94. The highest BCUT2D eigenvalue weighted by Crippen LogP contribution is 2.35. The largest absolute Gasteiger partial charge is 0.497 e. The van der Waals surface area contributed by atoms with Crippen molar-refractivity contribution in [3.8, 4) is 5.75 Å². The Morgan fingerprint density at radius 2 is 1.42 bits per heavy atom. The van der Waals surface area contributed by atoms with E-state index in [-0.39, 0.29) is 11.8 Å². The Balaban J connectivity index is 1.79. The molecular formula is C26H24N2O3. The summed E-state index contributed by atoms with van der Waals surface area (Å²) in [7, 11) is 1.58. The van der Waals surface area contributed by atoms with E-state index in [1.165, 1.54) is 4.90 Å². The second kappa shape index (κ2) is 8.88. The second-order valence-electron chi connectivity index (χ2n) is 7.23. The van der Waals surface area contributed by atoms with Gasteiger partial charge in [0.15, 0.2) is 0 Å². The van der Waals surface area contributed by atoms with Gasteiger partial charge >= 0.3 is 0 Å². The van der Waals surface area contributed by atoms with Crippen LogP contribution in [0.15, 0.2) is 90.6 Å². The van der Waals surface area contributed by atoms with Gasteiger partial charge in [0.05, 0.1) is 18.4 Å². The molecule has 2 amide bonds. The van der Waals surface area contributed by atoms with E-state index in [2.05, 4.69) is 0 Å². The van der Waals surface area contributed by atoms with Crippen LogP contribution < -0.4 is 9.64 Å². The van der Waals surface area contributed by atoms with Gasteiger partial charge in [-0.15, -0.1) is 0 Å². The number of rotatable bonds is 7. The molecule has 5 nitrogen and oxygen atoms in total. The highest BCUT2D eigenvalue weighted by atomic mass is 16.5. The van der Waals surface area contributed by atoms with Crippen LogP contribution in [-0.4, -0.2) is 30.4 Å². The summed E-state index contributed by atoms with van der Waals surface area (Å²) in [6, 6.07) is 26.3. The number of benzene rings is 3. The number of likely N-dealkylation sites (N-methyl/N-ethyl adjacent to an activating group) is 1. The van der Waals surface area contributed by atoms with Gasteiger partial charge in [-0.25, -0.2) is 4.90 Å². The summed E-state index contributed by atoms with van der Waals surface area (Å²) < 4.78 is 5.21. The molecule has 1 aliphatic rings. The van der Waals surface area contributed by atoms with E-state index in [1.54, 1.807) is 31.4 Å². The molecule has 0 aromatic heterocycles. The predicted molar refractivity (Wildman–Crippen MR) is 121 cm³/mol. The molecule has 5 heteroatoms. The average molecular weight is 412 g/mol. The lowest BCUT2D eigenvalue weighted by Gasteiger charge is -2.25. The Hall–Kier alpha value is -3.86.